The molecule has 6 heteroatoms. The van der Waals surface area contributed by atoms with Gasteiger partial charge in [-0.15, -0.1) is 0 Å². The SMILES string of the molecule is Cc1ccccc1C(=O)N1C(c2ccc(Cl)cc2)C2C(=O)N(c3ccccc3)C(=O)C2C1C(C)C. The normalized spacial score (nSPS) is 23.8. The zero-order valence-corrected chi connectivity index (χ0v) is 20.6. The highest BCUT2D eigenvalue weighted by atomic mass is 35.5. The number of para-hydroxylation sites is 1. The Hall–Kier alpha value is -3.44. The van der Waals surface area contributed by atoms with Crippen molar-refractivity contribution in [2.45, 2.75) is 32.9 Å². The van der Waals surface area contributed by atoms with Crippen molar-refractivity contribution >= 4 is 35.0 Å². The second-order valence-electron chi connectivity index (χ2n) is 9.66. The first-order valence-electron chi connectivity index (χ1n) is 11.9. The van der Waals surface area contributed by atoms with Crippen LogP contribution in [0.1, 0.15) is 41.4 Å². The van der Waals surface area contributed by atoms with E-state index in [2.05, 4.69) is 0 Å². The van der Waals surface area contributed by atoms with Crippen LogP contribution in [0.15, 0.2) is 78.9 Å². The van der Waals surface area contributed by atoms with Gasteiger partial charge in [0.15, 0.2) is 0 Å². The Morgan fingerprint density at radius 1 is 0.829 bits per heavy atom. The van der Waals surface area contributed by atoms with Crippen molar-refractivity contribution in [1.29, 1.82) is 0 Å². The number of fused-ring (bicyclic) bond motifs is 1. The Kier molecular flexibility index (Phi) is 5.97. The minimum Gasteiger partial charge on any atom is -0.327 e. The zero-order chi connectivity index (χ0) is 24.9. The minimum atomic E-state index is -0.677. The molecule has 35 heavy (non-hydrogen) atoms. The summed E-state index contributed by atoms with van der Waals surface area (Å²) in [5, 5.41) is 0.570. The molecule has 2 heterocycles. The molecule has 5 nitrogen and oxygen atoms in total. The van der Waals surface area contributed by atoms with E-state index < -0.39 is 23.9 Å². The predicted molar refractivity (Wildman–Crippen MR) is 136 cm³/mol. The smallest absolute Gasteiger partial charge is 0.254 e. The van der Waals surface area contributed by atoms with E-state index in [4.69, 9.17) is 11.6 Å². The van der Waals surface area contributed by atoms with Crippen LogP contribution in [-0.4, -0.2) is 28.7 Å². The van der Waals surface area contributed by atoms with Crippen LogP contribution in [-0.2, 0) is 9.59 Å². The van der Waals surface area contributed by atoms with E-state index in [0.717, 1.165) is 11.1 Å². The Morgan fingerprint density at radius 2 is 1.43 bits per heavy atom. The third-order valence-corrected chi connectivity index (χ3v) is 7.50. The van der Waals surface area contributed by atoms with Gasteiger partial charge in [0, 0.05) is 16.6 Å². The fourth-order valence-electron chi connectivity index (χ4n) is 5.74. The quantitative estimate of drug-likeness (QED) is 0.446. The summed E-state index contributed by atoms with van der Waals surface area (Å²) < 4.78 is 0. The molecule has 3 aromatic carbocycles. The number of hydrogen-bond donors (Lipinski definition) is 0. The van der Waals surface area contributed by atoms with Crippen LogP contribution >= 0.6 is 11.6 Å². The zero-order valence-electron chi connectivity index (χ0n) is 19.9. The van der Waals surface area contributed by atoms with E-state index in [9.17, 15) is 14.4 Å². The third-order valence-electron chi connectivity index (χ3n) is 7.25. The fourth-order valence-corrected chi connectivity index (χ4v) is 5.87. The molecule has 3 aromatic rings. The average molecular weight is 487 g/mol. The number of rotatable bonds is 4. The molecule has 0 saturated carbocycles. The van der Waals surface area contributed by atoms with Crippen molar-refractivity contribution < 1.29 is 14.4 Å². The Morgan fingerprint density at radius 3 is 2.06 bits per heavy atom. The lowest BCUT2D eigenvalue weighted by molar-refractivity contribution is -0.124. The van der Waals surface area contributed by atoms with Crippen LogP contribution in [0.5, 0.6) is 0 Å². The van der Waals surface area contributed by atoms with Crippen molar-refractivity contribution in [2.75, 3.05) is 4.90 Å². The lowest BCUT2D eigenvalue weighted by atomic mass is 9.83. The molecule has 2 saturated heterocycles. The second-order valence-corrected chi connectivity index (χ2v) is 10.1. The first kappa shape index (κ1) is 23.3. The van der Waals surface area contributed by atoms with Crippen molar-refractivity contribution in [3.8, 4) is 0 Å². The van der Waals surface area contributed by atoms with Crippen molar-refractivity contribution in [3.05, 3.63) is 101 Å². The topological polar surface area (TPSA) is 57.7 Å². The van der Waals surface area contributed by atoms with E-state index in [1.807, 2.05) is 75.4 Å². The molecular formula is C29H27ClN2O3. The van der Waals surface area contributed by atoms with Gasteiger partial charge < -0.3 is 4.90 Å². The largest absolute Gasteiger partial charge is 0.327 e. The molecule has 2 aliphatic heterocycles. The highest BCUT2D eigenvalue weighted by Crippen LogP contribution is 2.53. The summed E-state index contributed by atoms with van der Waals surface area (Å²) in [6.45, 7) is 5.92. The van der Waals surface area contributed by atoms with Gasteiger partial charge >= 0.3 is 0 Å². The molecule has 0 spiro atoms. The number of benzene rings is 3. The molecule has 0 aromatic heterocycles. The number of nitrogens with zero attached hydrogens (tertiary/aromatic N) is 2. The molecule has 0 radical (unpaired) electrons. The van der Waals surface area contributed by atoms with Crippen LogP contribution in [0.3, 0.4) is 0 Å². The monoisotopic (exact) mass is 486 g/mol. The van der Waals surface area contributed by atoms with E-state index in [1.165, 1.54) is 4.90 Å². The molecule has 2 fully saturated rings. The van der Waals surface area contributed by atoms with E-state index >= 15 is 0 Å². The number of imide groups is 1. The number of halogens is 1. The van der Waals surface area contributed by atoms with Crippen molar-refractivity contribution in [3.63, 3.8) is 0 Å². The maximum Gasteiger partial charge on any atom is 0.254 e. The van der Waals surface area contributed by atoms with Gasteiger partial charge in [0.05, 0.1) is 23.6 Å². The van der Waals surface area contributed by atoms with E-state index in [0.29, 0.717) is 16.3 Å². The molecule has 3 amide bonds. The molecule has 4 atom stereocenters. The molecule has 0 bridgehead atoms. The van der Waals surface area contributed by atoms with Gasteiger partial charge in [0.1, 0.15) is 0 Å². The van der Waals surface area contributed by atoms with E-state index in [-0.39, 0.29) is 23.6 Å². The summed E-state index contributed by atoms with van der Waals surface area (Å²) >= 11 is 6.17. The molecule has 0 N–H and O–H groups in total. The summed E-state index contributed by atoms with van der Waals surface area (Å²) in [4.78, 5) is 45.0. The number of anilines is 1. The lowest BCUT2D eigenvalue weighted by Gasteiger charge is -2.36. The summed E-state index contributed by atoms with van der Waals surface area (Å²) in [5.41, 5.74) is 2.80. The van der Waals surface area contributed by atoms with Crippen LogP contribution in [0.25, 0.3) is 0 Å². The van der Waals surface area contributed by atoms with Crippen LogP contribution in [0.2, 0.25) is 5.02 Å². The highest BCUT2D eigenvalue weighted by Gasteiger charge is 2.64. The Bertz CT molecular complexity index is 1290. The predicted octanol–water partition coefficient (Wildman–Crippen LogP) is 5.68. The highest BCUT2D eigenvalue weighted by molar-refractivity contribution is 6.30. The maximum atomic E-state index is 14.1. The van der Waals surface area contributed by atoms with Gasteiger partial charge in [0.25, 0.3) is 5.91 Å². The summed E-state index contributed by atoms with van der Waals surface area (Å²) in [6, 6.07) is 22.7. The van der Waals surface area contributed by atoms with Gasteiger partial charge in [-0.1, -0.05) is 74.0 Å². The molecular weight excluding hydrogens is 460 g/mol. The Balaban J connectivity index is 1.68. The molecule has 0 aliphatic carbocycles. The number of amides is 3. The average Bonchev–Trinajstić information content (AvgIpc) is 3.33. The van der Waals surface area contributed by atoms with Crippen LogP contribution in [0.4, 0.5) is 5.69 Å². The van der Waals surface area contributed by atoms with Crippen molar-refractivity contribution in [1.82, 2.24) is 4.90 Å². The standard InChI is InChI=1S/C29H27ClN2O3/c1-17(2)25-23-24(29(35)31(28(23)34)21-10-5-4-6-11-21)26(19-13-15-20(30)16-14-19)32(25)27(33)22-12-8-7-9-18(22)3/h4-17,23-26H,1-3H3. The summed E-state index contributed by atoms with van der Waals surface area (Å²) in [5.74, 6) is -2.02. The number of hydrogen-bond acceptors (Lipinski definition) is 3. The first-order chi connectivity index (χ1) is 16.8. The molecule has 2 aliphatic rings. The molecule has 4 unspecified atom stereocenters. The van der Waals surface area contributed by atoms with E-state index in [1.54, 1.807) is 29.2 Å². The minimum absolute atomic E-state index is 0.0414. The molecule has 5 rings (SSSR count). The lowest BCUT2D eigenvalue weighted by Crippen LogP contribution is -2.47. The van der Waals surface area contributed by atoms with Crippen LogP contribution in [0, 0.1) is 24.7 Å². The fraction of sp³-hybridized carbons (Fsp3) is 0.276. The van der Waals surface area contributed by atoms with Gasteiger partial charge in [-0.3, -0.25) is 14.4 Å². The van der Waals surface area contributed by atoms with Gasteiger partial charge in [-0.25, -0.2) is 4.90 Å². The summed E-state index contributed by atoms with van der Waals surface area (Å²) in [6.07, 6.45) is 0. The van der Waals surface area contributed by atoms with Gasteiger partial charge in [-0.2, -0.15) is 0 Å². The van der Waals surface area contributed by atoms with Crippen molar-refractivity contribution in [2.24, 2.45) is 17.8 Å². The number of likely N-dealkylation sites (tertiary alicyclic amines) is 1. The van der Waals surface area contributed by atoms with Crippen LogP contribution < -0.4 is 4.90 Å². The number of carbonyl (C=O) groups is 3. The molecule has 178 valence electrons. The first-order valence-corrected chi connectivity index (χ1v) is 12.3. The van der Waals surface area contributed by atoms with Gasteiger partial charge in [-0.05, 0) is 54.3 Å². The third kappa shape index (κ3) is 3.75. The second kappa shape index (κ2) is 8.97. The number of aryl methyl sites for hydroxylation is 1. The summed E-state index contributed by atoms with van der Waals surface area (Å²) in [7, 11) is 0. The Labute approximate surface area is 210 Å². The van der Waals surface area contributed by atoms with Gasteiger partial charge in [0.2, 0.25) is 11.8 Å². The maximum absolute atomic E-state index is 14.1. The number of carbonyl (C=O) groups excluding carboxylic acids is 3.